The first-order chi connectivity index (χ1) is 10.9. The highest BCUT2D eigenvalue weighted by molar-refractivity contribution is 6.74. The molecule has 0 aromatic rings. The van der Waals surface area contributed by atoms with E-state index in [0.29, 0.717) is 5.92 Å². The molecule has 3 aliphatic rings. The van der Waals surface area contributed by atoms with Crippen LogP contribution in [0, 0.1) is 5.92 Å². The molecule has 0 N–H and O–H groups in total. The number of hydrogen-bond donors (Lipinski definition) is 0. The molecule has 0 saturated carbocycles. The lowest BCUT2D eigenvalue weighted by molar-refractivity contribution is -0.0663. The lowest BCUT2D eigenvalue weighted by atomic mass is 9.72. The Morgan fingerprint density at radius 3 is 2.46 bits per heavy atom. The highest BCUT2D eigenvalue weighted by Gasteiger charge is 2.62. The van der Waals surface area contributed by atoms with E-state index in [1.54, 1.807) is 5.57 Å². The zero-order valence-electron chi connectivity index (χ0n) is 17.0. The largest absolute Gasteiger partial charge is 0.411 e. The second-order valence-electron chi connectivity index (χ2n) is 10.1. The molecular weight excluding hydrogens is 312 g/mol. The van der Waals surface area contributed by atoms with E-state index in [1.807, 2.05) is 0 Å². The minimum atomic E-state index is -1.80. The molecular formula is C21H36O2Si. The van der Waals surface area contributed by atoms with E-state index in [9.17, 15) is 0 Å². The summed E-state index contributed by atoms with van der Waals surface area (Å²) >= 11 is 0. The van der Waals surface area contributed by atoms with E-state index in [4.69, 9.17) is 9.16 Å². The van der Waals surface area contributed by atoms with Gasteiger partial charge in [-0.15, -0.1) is 0 Å². The van der Waals surface area contributed by atoms with E-state index in [1.165, 1.54) is 24.8 Å². The smallest absolute Gasteiger partial charge is 0.192 e. The third-order valence-corrected chi connectivity index (χ3v) is 11.5. The molecule has 0 unspecified atom stereocenters. The van der Waals surface area contributed by atoms with Crippen LogP contribution in [0.1, 0.15) is 67.2 Å². The third-order valence-electron chi connectivity index (χ3n) is 6.98. The van der Waals surface area contributed by atoms with Gasteiger partial charge in [0.2, 0.25) is 0 Å². The molecule has 0 aromatic heterocycles. The average molecular weight is 349 g/mol. The van der Waals surface area contributed by atoms with Crippen molar-refractivity contribution in [3.05, 3.63) is 23.3 Å². The van der Waals surface area contributed by atoms with Gasteiger partial charge < -0.3 is 9.16 Å². The monoisotopic (exact) mass is 348 g/mol. The SMILES string of the molecule is CC(C)[C@]12C[C@@H](O[Si](C)(C)C(C)(C)C)[C@](C)(C=C1C1=CCCC1)O2. The maximum Gasteiger partial charge on any atom is 0.192 e. The van der Waals surface area contributed by atoms with Gasteiger partial charge in [-0.2, -0.15) is 0 Å². The topological polar surface area (TPSA) is 18.5 Å². The highest BCUT2D eigenvalue weighted by Crippen LogP contribution is 2.58. The van der Waals surface area contributed by atoms with E-state index >= 15 is 0 Å². The van der Waals surface area contributed by atoms with Crippen molar-refractivity contribution >= 4 is 8.32 Å². The summed E-state index contributed by atoms with van der Waals surface area (Å²) in [7, 11) is -1.80. The summed E-state index contributed by atoms with van der Waals surface area (Å²) in [4.78, 5) is 0. The number of fused-ring (bicyclic) bond motifs is 2. The van der Waals surface area contributed by atoms with Gasteiger partial charge in [-0.3, -0.25) is 0 Å². The maximum atomic E-state index is 6.84. The Bertz CT molecular complexity index is 581. The zero-order chi connectivity index (χ0) is 18.0. The van der Waals surface area contributed by atoms with E-state index in [-0.39, 0.29) is 22.3 Å². The fraction of sp³-hybridized carbons (Fsp3) is 0.810. The standard InChI is InChI=1S/C21H36O2Si/c1-15(2)21-14-18(22-24(7,8)19(3,4)5)20(6,23-21)13-17(21)16-11-9-10-12-16/h11,13,15,18H,9-10,12,14H2,1-8H3/t18-,20+,21-/m1/s1. The van der Waals surface area contributed by atoms with Crippen molar-refractivity contribution < 1.29 is 9.16 Å². The van der Waals surface area contributed by atoms with Gasteiger partial charge in [0.05, 0.1) is 11.7 Å². The van der Waals surface area contributed by atoms with Crippen LogP contribution < -0.4 is 0 Å². The number of rotatable bonds is 4. The van der Waals surface area contributed by atoms with Crippen LogP contribution in [0.2, 0.25) is 18.1 Å². The molecule has 3 heteroatoms. The van der Waals surface area contributed by atoms with Gasteiger partial charge in [-0.1, -0.05) is 40.7 Å². The van der Waals surface area contributed by atoms with Gasteiger partial charge in [0, 0.05) is 6.42 Å². The molecule has 2 heterocycles. The van der Waals surface area contributed by atoms with Crippen LogP contribution in [-0.2, 0) is 9.16 Å². The van der Waals surface area contributed by atoms with Crippen molar-refractivity contribution in [2.45, 2.75) is 103 Å². The van der Waals surface area contributed by atoms with Gasteiger partial charge >= 0.3 is 0 Å². The minimum Gasteiger partial charge on any atom is -0.411 e. The molecule has 136 valence electrons. The first-order valence-corrected chi connectivity index (χ1v) is 12.6. The zero-order valence-corrected chi connectivity index (χ0v) is 18.0. The Balaban J connectivity index is 1.93. The molecule has 3 rings (SSSR count). The van der Waals surface area contributed by atoms with Crippen LogP contribution in [0.5, 0.6) is 0 Å². The van der Waals surface area contributed by atoms with Crippen molar-refractivity contribution in [3.63, 3.8) is 0 Å². The Labute approximate surface area is 149 Å². The van der Waals surface area contributed by atoms with Crippen LogP contribution >= 0.6 is 0 Å². The Hall–Kier alpha value is -0.383. The molecule has 0 amide bonds. The maximum absolute atomic E-state index is 6.84. The second-order valence-corrected chi connectivity index (χ2v) is 14.8. The Morgan fingerprint density at radius 2 is 1.96 bits per heavy atom. The molecule has 2 nitrogen and oxygen atoms in total. The lowest BCUT2D eigenvalue weighted by Gasteiger charge is -2.42. The fourth-order valence-corrected chi connectivity index (χ4v) is 5.69. The first-order valence-electron chi connectivity index (χ1n) is 9.72. The molecule has 24 heavy (non-hydrogen) atoms. The van der Waals surface area contributed by atoms with Crippen molar-refractivity contribution in [1.29, 1.82) is 0 Å². The number of allylic oxidation sites excluding steroid dienone is 1. The molecule has 0 radical (unpaired) electrons. The number of ether oxygens (including phenoxy) is 1. The van der Waals surface area contributed by atoms with Gasteiger partial charge in [-0.25, -0.2) is 0 Å². The molecule has 1 saturated heterocycles. The summed E-state index contributed by atoms with van der Waals surface area (Å²) in [6.07, 6.45) is 9.79. The van der Waals surface area contributed by atoms with Crippen molar-refractivity contribution in [2.24, 2.45) is 5.92 Å². The molecule has 2 aliphatic heterocycles. The Morgan fingerprint density at radius 1 is 1.29 bits per heavy atom. The van der Waals surface area contributed by atoms with Crippen LogP contribution in [0.3, 0.4) is 0 Å². The molecule has 3 atom stereocenters. The molecule has 2 bridgehead atoms. The lowest BCUT2D eigenvalue weighted by Crippen LogP contribution is -2.49. The summed E-state index contributed by atoms with van der Waals surface area (Å²) in [5.74, 6) is 0.472. The van der Waals surface area contributed by atoms with E-state index < -0.39 is 8.32 Å². The quantitative estimate of drug-likeness (QED) is 0.580. The fourth-order valence-electron chi connectivity index (χ4n) is 4.31. The van der Waals surface area contributed by atoms with Crippen LogP contribution in [0.4, 0.5) is 0 Å². The summed E-state index contributed by atoms with van der Waals surface area (Å²) < 4.78 is 13.6. The van der Waals surface area contributed by atoms with Gasteiger partial charge in [0.25, 0.3) is 0 Å². The molecule has 1 fully saturated rings. The summed E-state index contributed by atoms with van der Waals surface area (Å²) in [5, 5.41) is 0.233. The molecule has 0 aromatic carbocycles. The highest BCUT2D eigenvalue weighted by atomic mass is 28.4. The summed E-state index contributed by atoms with van der Waals surface area (Å²) in [6, 6.07) is 0. The number of hydrogen-bond acceptors (Lipinski definition) is 2. The Kier molecular flexibility index (Phi) is 4.26. The molecule has 0 spiro atoms. The van der Waals surface area contributed by atoms with Crippen LogP contribution in [-0.4, -0.2) is 25.6 Å². The second kappa shape index (κ2) is 5.56. The van der Waals surface area contributed by atoms with Crippen molar-refractivity contribution in [1.82, 2.24) is 0 Å². The molecule has 1 aliphatic carbocycles. The third kappa shape index (κ3) is 2.67. The van der Waals surface area contributed by atoms with Crippen LogP contribution in [0.15, 0.2) is 23.3 Å². The minimum absolute atomic E-state index is 0.141. The van der Waals surface area contributed by atoms with E-state index in [2.05, 4.69) is 66.8 Å². The summed E-state index contributed by atoms with van der Waals surface area (Å²) in [6.45, 7) is 18.5. The predicted octanol–water partition coefficient (Wildman–Crippen LogP) is 6.00. The van der Waals surface area contributed by atoms with Gasteiger partial charge in [0.1, 0.15) is 5.60 Å². The van der Waals surface area contributed by atoms with E-state index in [0.717, 1.165) is 6.42 Å². The normalized spacial score (nSPS) is 36.5. The van der Waals surface area contributed by atoms with Gasteiger partial charge in [-0.05, 0) is 67.5 Å². The van der Waals surface area contributed by atoms with Crippen molar-refractivity contribution in [2.75, 3.05) is 0 Å². The van der Waals surface area contributed by atoms with Crippen LogP contribution in [0.25, 0.3) is 0 Å². The average Bonchev–Trinajstić information content (AvgIpc) is 3.08. The van der Waals surface area contributed by atoms with Crippen molar-refractivity contribution in [3.8, 4) is 0 Å². The predicted molar refractivity (Wildman–Crippen MR) is 104 cm³/mol. The summed E-state index contributed by atoms with van der Waals surface area (Å²) in [5.41, 5.74) is 2.61. The van der Waals surface area contributed by atoms with Gasteiger partial charge in [0.15, 0.2) is 8.32 Å². The first kappa shape index (κ1) is 18.4.